The van der Waals surface area contributed by atoms with Gasteiger partial charge in [0.25, 0.3) is 5.69 Å². The van der Waals surface area contributed by atoms with Gasteiger partial charge in [-0.1, -0.05) is 0 Å². The fourth-order valence-electron chi connectivity index (χ4n) is 2.19. The number of nitrogens with zero attached hydrogens (tertiary/aromatic N) is 1. The molecule has 1 aromatic carbocycles. The third kappa shape index (κ3) is 2.94. The molecule has 1 heterocycles. The number of aliphatic hydroxyl groups excluding tert-OH is 1. The molecule has 1 aliphatic heterocycles. The van der Waals surface area contributed by atoms with Gasteiger partial charge < -0.3 is 15.7 Å². The van der Waals surface area contributed by atoms with E-state index in [2.05, 4.69) is 10.6 Å². The topological polar surface area (TPSA) is 104 Å². The molecule has 0 aliphatic carbocycles. The number of aryl methyl sites for hydroxylation is 2. The zero-order valence-electron chi connectivity index (χ0n) is 11.3. The number of nitrogens with one attached hydrogen (secondary N) is 2. The summed E-state index contributed by atoms with van der Waals surface area (Å²) in [5.41, 5.74) is 1.72. The predicted octanol–water partition coefficient (Wildman–Crippen LogP) is 0.873. The van der Waals surface area contributed by atoms with E-state index in [9.17, 15) is 20.0 Å². The van der Waals surface area contributed by atoms with E-state index in [0.717, 1.165) is 11.1 Å². The SMILES string of the molecule is Cc1cc(NC(=O)C2CC(O)CN2)c([N+](=O)[O-])cc1C. The molecule has 1 amide bonds. The highest BCUT2D eigenvalue weighted by Gasteiger charge is 2.29. The molecule has 0 bridgehead atoms. The lowest BCUT2D eigenvalue weighted by atomic mass is 10.1. The number of hydrogen-bond donors (Lipinski definition) is 3. The number of rotatable bonds is 3. The van der Waals surface area contributed by atoms with Crippen LogP contribution in [0.25, 0.3) is 0 Å². The lowest BCUT2D eigenvalue weighted by Gasteiger charge is -2.12. The molecule has 1 saturated heterocycles. The van der Waals surface area contributed by atoms with E-state index in [1.165, 1.54) is 6.07 Å². The van der Waals surface area contributed by atoms with Crippen molar-refractivity contribution in [2.24, 2.45) is 0 Å². The Morgan fingerprint density at radius 3 is 2.65 bits per heavy atom. The number of anilines is 1. The van der Waals surface area contributed by atoms with Crippen LogP contribution in [-0.2, 0) is 4.79 Å². The van der Waals surface area contributed by atoms with E-state index >= 15 is 0 Å². The molecule has 0 aromatic heterocycles. The highest BCUT2D eigenvalue weighted by Crippen LogP contribution is 2.28. The third-order valence-corrected chi connectivity index (χ3v) is 3.49. The zero-order valence-corrected chi connectivity index (χ0v) is 11.3. The second kappa shape index (κ2) is 5.56. The Labute approximate surface area is 116 Å². The van der Waals surface area contributed by atoms with Crippen molar-refractivity contribution in [3.63, 3.8) is 0 Å². The molecule has 1 aromatic rings. The molecule has 7 heteroatoms. The maximum absolute atomic E-state index is 12.0. The second-order valence-corrected chi connectivity index (χ2v) is 5.05. The minimum absolute atomic E-state index is 0.125. The van der Waals surface area contributed by atoms with Gasteiger partial charge in [-0.25, -0.2) is 0 Å². The first-order valence-electron chi connectivity index (χ1n) is 6.36. The molecule has 0 radical (unpaired) electrons. The monoisotopic (exact) mass is 279 g/mol. The van der Waals surface area contributed by atoms with E-state index in [0.29, 0.717) is 13.0 Å². The van der Waals surface area contributed by atoms with Crippen LogP contribution in [0.1, 0.15) is 17.5 Å². The molecule has 2 unspecified atom stereocenters. The Morgan fingerprint density at radius 2 is 2.10 bits per heavy atom. The van der Waals surface area contributed by atoms with Crippen LogP contribution >= 0.6 is 0 Å². The third-order valence-electron chi connectivity index (χ3n) is 3.49. The van der Waals surface area contributed by atoms with Gasteiger partial charge in [-0.2, -0.15) is 0 Å². The molecule has 0 saturated carbocycles. The minimum atomic E-state index is -0.555. The molecule has 1 fully saturated rings. The fourth-order valence-corrected chi connectivity index (χ4v) is 2.19. The van der Waals surface area contributed by atoms with E-state index in [1.807, 2.05) is 6.92 Å². The Morgan fingerprint density at radius 1 is 1.45 bits per heavy atom. The van der Waals surface area contributed by atoms with Crippen LogP contribution in [0.4, 0.5) is 11.4 Å². The lowest BCUT2D eigenvalue weighted by Crippen LogP contribution is -2.35. The minimum Gasteiger partial charge on any atom is -0.392 e. The van der Waals surface area contributed by atoms with Gasteiger partial charge in [0.05, 0.1) is 17.1 Å². The van der Waals surface area contributed by atoms with Gasteiger partial charge in [0.2, 0.25) is 5.91 Å². The normalized spacial score (nSPS) is 21.8. The fraction of sp³-hybridized carbons (Fsp3) is 0.462. The Bertz CT molecular complexity index is 559. The second-order valence-electron chi connectivity index (χ2n) is 5.05. The standard InChI is InChI=1S/C13H17N3O4/c1-7-3-10(12(16(19)20)4-8(7)2)15-13(18)11-5-9(17)6-14-11/h3-4,9,11,14,17H,5-6H2,1-2H3,(H,15,18). The van der Waals surface area contributed by atoms with Crippen molar-refractivity contribution in [1.29, 1.82) is 0 Å². The van der Waals surface area contributed by atoms with Crippen molar-refractivity contribution in [3.8, 4) is 0 Å². The van der Waals surface area contributed by atoms with Crippen LogP contribution in [0.3, 0.4) is 0 Å². The molecule has 0 spiro atoms. The molecule has 2 rings (SSSR count). The summed E-state index contributed by atoms with van der Waals surface area (Å²) in [5.74, 6) is -0.368. The number of carbonyl (C=O) groups excluding carboxylic acids is 1. The first kappa shape index (κ1) is 14.4. The van der Waals surface area contributed by atoms with Crippen LogP contribution in [-0.4, -0.2) is 34.6 Å². The average Bonchev–Trinajstić information content (AvgIpc) is 2.80. The number of carbonyl (C=O) groups is 1. The summed E-state index contributed by atoms with van der Waals surface area (Å²) in [6.45, 7) is 3.96. The summed E-state index contributed by atoms with van der Waals surface area (Å²) >= 11 is 0. The van der Waals surface area contributed by atoms with Gasteiger partial charge in [-0.05, 0) is 37.5 Å². The molecule has 7 nitrogen and oxygen atoms in total. The van der Waals surface area contributed by atoms with Gasteiger partial charge in [0.15, 0.2) is 0 Å². The van der Waals surface area contributed by atoms with Crippen molar-refractivity contribution in [1.82, 2.24) is 5.32 Å². The highest BCUT2D eigenvalue weighted by atomic mass is 16.6. The number of aliphatic hydroxyl groups is 1. The van der Waals surface area contributed by atoms with Gasteiger partial charge >= 0.3 is 0 Å². The quantitative estimate of drug-likeness (QED) is 0.562. The van der Waals surface area contributed by atoms with Gasteiger partial charge in [-0.3, -0.25) is 14.9 Å². The van der Waals surface area contributed by atoms with Crippen molar-refractivity contribution >= 4 is 17.3 Å². The first-order chi connectivity index (χ1) is 9.38. The Hall–Kier alpha value is -1.99. The summed E-state index contributed by atoms with van der Waals surface area (Å²) in [4.78, 5) is 22.5. The van der Waals surface area contributed by atoms with Crippen molar-refractivity contribution in [3.05, 3.63) is 33.4 Å². The summed E-state index contributed by atoms with van der Waals surface area (Å²) in [6.07, 6.45) is -0.245. The van der Waals surface area contributed by atoms with Crippen molar-refractivity contribution in [2.45, 2.75) is 32.4 Å². The largest absolute Gasteiger partial charge is 0.392 e. The first-order valence-corrected chi connectivity index (χ1v) is 6.36. The van der Waals surface area contributed by atoms with Gasteiger partial charge in [-0.15, -0.1) is 0 Å². The lowest BCUT2D eigenvalue weighted by molar-refractivity contribution is -0.384. The zero-order chi connectivity index (χ0) is 14.9. The molecule has 2 atom stereocenters. The number of nitro benzene ring substituents is 1. The number of nitro groups is 1. The van der Waals surface area contributed by atoms with Crippen LogP contribution in [0.15, 0.2) is 12.1 Å². The van der Waals surface area contributed by atoms with Crippen LogP contribution < -0.4 is 10.6 Å². The van der Waals surface area contributed by atoms with Crippen LogP contribution in [0.5, 0.6) is 0 Å². The molecule has 20 heavy (non-hydrogen) atoms. The smallest absolute Gasteiger partial charge is 0.293 e. The molecular formula is C13H17N3O4. The van der Waals surface area contributed by atoms with Crippen molar-refractivity contribution in [2.75, 3.05) is 11.9 Å². The summed E-state index contributed by atoms with van der Waals surface area (Å²) in [6, 6.07) is 2.52. The summed E-state index contributed by atoms with van der Waals surface area (Å²) < 4.78 is 0. The van der Waals surface area contributed by atoms with E-state index in [-0.39, 0.29) is 17.3 Å². The average molecular weight is 279 g/mol. The number of benzene rings is 1. The maximum atomic E-state index is 12.0. The van der Waals surface area contributed by atoms with Crippen molar-refractivity contribution < 1.29 is 14.8 Å². The van der Waals surface area contributed by atoms with E-state index < -0.39 is 17.1 Å². The molecular weight excluding hydrogens is 262 g/mol. The molecule has 3 N–H and O–H groups in total. The van der Waals surface area contributed by atoms with E-state index in [1.54, 1.807) is 13.0 Å². The summed E-state index contributed by atoms with van der Waals surface area (Å²) in [7, 11) is 0. The number of β-amino-alcohol motifs (C(OH)–C–C–N with tert-alkyl or cyclic N) is 1. The maximum Gasteiger partial charge on any atom is 0.293 e. The Kier molecular flexibility index (Phi) is 4.01. The molecule has 1 aliphatic rings. The highest BCUT2D eigenvalue weighted by molar-refractivity contribution is 5.97. The van der Waals surface area contributed by atoms with Gasteiger partial charge in [0, 0.05) is 12.6 Å². The number of amides is 1. The number of hydrogen-bond acceptors (Lipinski definition) is 5. The summed E-state index contributed by atoms with van der Waals surface area (Å²) in [5, 5.41) is 25.9. The van der Waals surface area contributed by atoms with Crippen LogP contribution in [0.2, 0.25) is 0 Å². The van der Waals surface area contributed by atoms with Crippen LogP contribution in [0, 0.1) is 24.0 Å². The van der Waals surface area contributed by atoms with Gasteiger partial charge in [0.1, 0.15) is 5.69 Å². The molecule has 108 valence electrons. The van der Waals surface area contributed by atoms with E-state index in [4.69, 9.17) is 0 Å². The Balaban J connectivity index is 2.22. The predicted molar refractivity (Wildman–Crippen MR) is 73.6 cm³/mol.